The van der Waals surface area contributed by atoms with Gasteiger partial charge in [0.1, 0.15) is 10.9 Å². The zero-order chi connectivity index (χ0) is 21.8. The average molecular weight is 594 g/mol. The maximum atomic E-state index is 12.5. The van der Waals surface area contributed by atoms with Gasteiger partial charge in [-0.3, -0.25) is 9.69 Å². The van der Waals surface area contributed by atoms with Gasteiger partial charge >= 0.3 is 0 Å². The van der Waals surface area contributed by atoms with Crippen LogP contribution in [0, 0.1) is 3.57 Å². The molecule has 1 saturated heterocycles. The number of thioether (sulfide) groups is 1. The normalized spacial score (nSPS) is 15.2. The Morgan fingerprint density at radius 3 is 2.60 bits per heavy atom. The van der Waals surface area contributed by atoms with Crippen LogP contribution in [0.1, 0.15) is 25.0 Å². The lowest BCUT2D eigenvalue weighted by Crippen LogP contribution is -2.27. The van der Waals surface area contributed by atoms with Crippen LogP contribution in [0.15, 0.2) is 35.2 Å². The summed E-state index contributed by atoms with van der Waals surface area (Å²) in [6.07, 6.45) is 1.83. The number of benzene rings is 2. The number of carbonyl (C=O) groups is 1. The number of hydrogen-bond acceptors (Lipinski definition) is 5. The van der Waals surface area contributed by atoms with E-state index in [1.165, 1.54) is 11.8 Å². The van der Waals surface area contributed by atoms with Crippen LogP contribution < -0.4 is 9.47 Å². The van der Waals surface area contributed by atoms with E-state index in [4.69, 9.17) is 44.9 Å². The van der Waals surface area contributed by atoms with E-state index in [2.05, 4.69) is 22.6 Å². The first kappa shape index (κ1) is 23.7. The molecule has 3 rings (SSSR count). The van der Waals surface area contributed by atoms with Crippen LogP contribution in [0.4, 0.5) is 0 Å². The second kappa shape index (κ2) is 10.5. The molecule has 0 spiro atoms. The van der Waals surface area contributed by atoms with E-state index in [-0.39, 0.29) is 12.5 Å². The number of likely N-dealkylation sites (N-methyl/N-ethyl adjacent to an activating group) is 1. The molecule has 0 bridgehead atoms. The quantitative estimate of drug-likeness (QED) is 0.201. The van der Waals surface area contributed by atoms with Crippen LogP contribution >= 0.6 is 69.8 Å². The summed E-state index contributed by atoms with van der Waals surface area (Å²) in [7, 11) is 0. The van der Waals surface area contributed by atoms with Crippen LogP contribution in [0.25, 0.3) is 6.08 Å². The summed E-state index contributed by atoms with van der Waals surface area (Å²) in [6.45, 7) is 5.13. The molecule has 0 unspecified atom stereocenters. The van der Waals surface area contributed by atoms with Gasteiger partial charge in [-0.25, -0.2) is 0 Å². The van der Waals surface area contributed by atoms with Gasteiger partial charge in [-0.05, 0) is 72.3 Å². The number of ether oxygens (including phenoxy) is 2. The fourth-order valence-corrected chi connectivity index (χ4v) is 5.42. The van der Waals surface area contributed by atoms with Gasteiger partial charge < -0.3 is 9.47 Å². The predicted molar refractivity (Wildman–Crippen MR) is 137 cm³/mol. The highest BCUT2D eigenvalue weighted by Crippen LogP contribution is 2.38. The zero-order valence-electron chi connectivity index (χ0n) is 16.2. The molecular weight excluding hydrogens is 576 g/mol. The van der Waals surface area contributed by atoms with Crippen molar-refractivity contribution in [2.24, 2.45) is 0 Å². The first-order valence-electron chi connectivity index (χ1n) is 9.12. The lowest BCUT2D eigenvalue weighted by molar-refractivity contribution is -0.121. The number of nitrogens with zero attached hydrogens (tertiary/aromatic N) is 1. The number of amides is 1. The first-order chi connectivity index (χ1) is 14.3. The molecule has 2 aromatic rings. The van der Waals surface area contributed by atoms with E-state index >= 15 is 0 Å². The maximum Gasteiger partial charge on any atom is 0.266 e. The molecule has 0 saturated carbocycles. The molecule has 1 aliphatic rings. The highest BCUT2D eigenvalue weighted by Gasteiger charge is 2.30. The molecule has 0 aliphatic carbocycles. The summed E-state index contributed by atoms with van der Waals surface area (Å²) in [6, 6.07) is 9.10. The Bertz CT molecular complexity index is 1030. The fourth-order valence-electron chi connectivity index (χ4n) is 2.79. The molecule has 1 heterocycles. The van der Waals surface area contributed by atoms with Gasteiger partial charge in [0, 0.05) is 22.2 Å². The fraction of sp³-hybridized carbons (Fsp3) is 0.238. The predicted octanol–water partition coefficient (Wildman–Crippen LogP) is 6.80. The van der Waals surface area contributed by atoms with E-state index in [9.17, 15) is 4.79 Å². The molecule has 0 atom stereocenters. The average Bonchev–Trinajstić information content (AvgIpc) is 2.95. The third kappa shape index (κ3) is 5.43. The van der Waals surface area contributed by atoms with Crippen molar-refractivity contribution < 1.29 is 14.3 Å². The van der Waals surface area contributed by atoms with Gasteiger partial charge in [-0.15, -0.1) is 0 Å². The van der Waals surface area contributed by atoms with Gasteiger partial charge in [-0.2, -0.15) is 0 Å². The Balaban J connectivity index is 1.88. The highest BCUT2D eigenvalue weighted by molar-refractivity contribution is 14.1. The van der Waals surface area contributed by atoms with Gasteiger partial charge in [-0.1, -0.05) is 53.2 Å². The van der Waals surface area contributed by atoms with Crippen molar-refractivity contribution in [2.45, 2.75) is 20.5 Å². The van der Waals surface area contributed by atoms with Crippen molar-refractivity contribution >= 4 is 86.1 Å². The molecule has 158 valence electrons. The van der Waals surface area contributed by atoms with Crippen molar-refractivity contribution in [1.82, 2.24) is 4.90 Å². The summed E-state index contributed by atoms with van der Waals surface area (Å²) in [4.78, 5) is 14.7. The van der Waals surface area contributed by atoms with E-state index in [0.717, 1.165) is 14.7 Å². The Labute approximate surface area is 209 Å². The number of thiocarbonyl (C=S) groups is 1. The Morgan fingerprint density at radius 2 is 1.97 bits per heavy atom. The number of carbonyl (C=O) groups excluding carboxylic acids is 1. The molecule has 1 aliphatic heterocycles. The molecule has 9 heteroatoms. The number of rotatable bonds is 7. The molecule has 0 aromatic heterocycles. The second-order valence-corrected chi connectivity index (χ2v) is 9.89. The topological polar surface area (TPSA) is 38.8 Å². The minimum absolute atomic E-state index is 0.0711. The van der Waals surface area contributed by atoms with Gasteiger partial charge in [0.05, 0.1) is 15.1 Å². The molecule has 0 radical (unpaired) electrons. The molecule has 0 N–H and O–H groups in total. The SMILES string of the molecule is CCOc1cc(/C=C2\SC(=S)N(CC)C2=O)cc(I)c1OCc1ccc(Cl)cc1Cl. The van der Waals surface area contributed by atoms with Crippen molar-refractivity contribution in [3.63, 3.8) is 0 Å². The van der Waals surface area contributed by atoms with Crippen molar-refractivity contribution in [3.05, 3.63) is 60.0 Å². The van der Waals surface area contributed by atoms with Crippen molar-refractivity contribution in [2.75, 3.05) is 13.2 Å². The molecule has 2 aromatic carbocycles. The van der Waals surface area contributed by atoms with Crippen LogP contribution in [0.5, 0.6) is 11.5 Å². The summed E-state index contributed by atoms with van der Waals surface area (Å²) in [5, 5.41) is 1.12. The minimum Gasteiger partial charge on any atom is -0.490 e. The summed E-state index contributed by atoms with van der Waals surface area (Å²) in [5.41, 5.74) is 1.67. The Morgan fingerprint density at radius 1 is 1.20 bits per heavy atom. The third-order valence-electron chi connectivity index (χ3n) is 4.21. The molecule has 30 heavy (non-hydrogen) atoms. The maximum absolute atomic E-state index is 12.5. The van der Waals surface area contributed by atoms with Gasteiger partial charge in [0.2, 0.25) is 0 Å². The summed E-state index contributed by atoms with van der Waals surface area (Å²) < 4.78 is 13.3. The van der Waals surface area contributed by atoms with Gasteiger partial charge in [0.25, 0.3) is 5.91 Å². The van der Waals surface area contributed by atoms with Crippen molar-refractivity contribution in [1.29, 1.82) is 0 Å². The van der Waals surface area contributed by atoms with E-state index in [1.807, 2.05) is 38.1 Å². The largest absolute Gasteiger partial charge is 0.490 e. The molecule has 4 nitrogen and oxygen atoms in total. The van der Waals surface area contributed by atoms with Gasteiger partial charge in [0.15, 0.2) is 11.5 Å². The van der Waals surface area contributed by atoms with Crippen LogP contribution in [0.3, 0.4) is 0 Å². The van der Waals surface area contributed by atoms with E-state index in [1.54, 1.807) is 17.0 Å². The molecule has 1 amide bonds. The van der Waals surface area contributed by atoms with Crippen molar-refractivity contribution in [3.8, 4) is 11.5 Å². The first-order valence-corrected chi connectivity index (χ1v) is 12.2. The third-order valence-corrected chi connectivity index (χ3v) is 6.97. The van der Waals surface area contributed by atoms with E-state index < -0.39 is 0 Å². The highest BCUT2D eigenvalue weighted by atomic mass is 127. The Kier molecular flexibility index (Phi) is 8.31. The smallest absolute Gasteiger partial charge is 0.266 e. The number of halogens is 3. The lowest BCUT2D eigenvalue weighted by atomic mass is 10.1. The zero-order valence-corrected chi connectivity index (χ0v) is 21.5. The van der Waals surface area contributed by atoms with Crippen LogP contribution in [-0.4, -0.2) is 28.3 Å². The molecular formula is C21H18Cl2INO3S2. The minimum atomic E-state index is -0.0711. The lowest BCUT2D eigenvalue weighted by Gasteiger charge is -2.15. The monoisotopic (exact) mass is 593 g/mol. The van der Waals surface area contributed by atoms with Crippen LogP contribution in [0.2, 0.25) is 10.0 Å². The summed E-state index contributed by atoms with van der Waals surface area (Å²) >= 11 is 21.0. The standard InChI is InChI=1S/C21H18Cl2INO3S2/c1-3-25-20(26)18(30-21(25)29)9-12-7-16(24)19(17(8-12)27-4-2)28-11-13-5-6-14(22)10-15(13)23/h5-10H,3-4,11H2,1-2H3/b18-9-. The number of hydrogen-bond donors (Lipinski definition) is 0. The summed E-state index contributed by atoms with van der Waals surface area (Å²) in [5.74, 6) is 1.16. The van der Waals surface area contributed by atoms with E-state index in [0.29, 0.717) is 43.9 Å². The Hall–Kier alpha value is -1.00. The van der Waals surface area contributed by atoms with Crippen LogP contribution in [-0.2, 0) is 11.4 Å². The second-order valence-electron chi connectivity index (χ2n) is 6.21. The molecule has 1 fully saturated rings.